The summed E-state index contributed by atoms with van der Waals surface area (Å²) >= 11 is 0. The van der Waals surface area contributed by atoms with Gasteiger partial charge in [-0.1, -0.05) is 19.1 Å². The Labute approximate surface area is 108 Å². The summed E-state index contributed by atoms with van der Waals surface area (Å²) in [6, 6.07) is 10.1. The summed E-state index contributed by atoms with van der Waals surface area (Å²) in [6.07, 6.45) is 4.54. The minimum Gasteiger partial charge on any atom is -0.455 e. The molecule has 1 N–H and O–H groups in total. The van der Waals surface area contributed by atoms with Gasteiger partial charge in [0.1, 0.15) is 11.5 Å². The van der Waals surface area contributed by atoms with Crippen molar-refractivity contribution in [3.8, 4) is 11.5 Å². The van der Waals surface area contributed by atoms with E-state index in [2.05, 4.69) is 29.4 Å². The van der Waals surface area contributed by atoms with Crippen molar-refractivity contribution < 1.29 is 4.74 Å². The maximum absolute atomic E-state index is 5.90. The van der Waals surface area contributed by atoms with Crippen LogP contribution >= 0.6 is 0 Å². The number of hydrogen-bond acceptors (Lipinski definition) is 3. The first-order valence-electron chi connectivity index (χ1n) is 6.17. The molecule has 1 heterocycles. The van der Waals surface area contributed by atoms with Gasteiger partial charge in [-0.15, -0.1) is 0 Å². The number of ether oxygens (including phenoxy) is 1. The Bertz CT molecular complexity index is 511. The fourth-order valence-corrected chi connectivity index (χ4v) is 1.79. The summed E-state index contributed by atoms with van der Waals surface area (Å²) in [5.41, 5.74) is 2.38. The van der Waals surface area contributed by atoms with Crippen LogP contribution in [0.5, 0.6) is 11.5 Å². The lowest BCUT2D eigenvalue weighted by atomic mass is 10.1. The van der Waals surface area contributed by atoms with Gasteiger partial charge in [-0.05, 0) is 37.2 Å². The number of hydrogen-bond donors (Lipinski definition) is 1. The van der Waals surface area contributed by atoms with Crippen molar-refractivity contribution in [3.05, 3.63) is 53.9 Å². The minimum absolute atomic E-state index is 0.769. The first-order chi connectivity index (χ1) is 8.83. The maximum Gasteiger partial charge on any atom is 0.150 e. The Hall–Kier alpha value is -1.87. The van der Waals surface area contributed by atoms with Gasteiger partial charge in [0.25, 0.3) is 0 Å². The van der Waals surface area contributed by atoms with Gasteiger partial charge in [0.15, 0.2) is 0 Å². The average molecular weight is 242 g/mol. The third-order valence-corrected chi connectivity index (χ3v) is 2.77. The van der Waals surface area contributed by atoms with E-state index in [1.165, 1.54) is 5.56 Å². The predicted molar refractivity (Wildman–Crippen MR) is 72.9 cm³/mol. The second kappa shape index (κ2) is 6.17. The van der Waals surface area contributed by atoms with E-state index in [4.69, 9.17) is 4.74 Å². The largest absolute Gasteiger partial charge is 0.455 e. The molecule has 18 heavy (non-hydrogen) atoms. The van der Waals surface area contributed by atoms with Gasteiger partial charge in [0.05, 0.1) is 6.20 Å². The van der Waals surface area contributed by atoms with E-state index < -0.39 is 0 Å². The lowest BCUT2D eigenvalue weighted by Crippen LogP contribution is -2.06. The Morgan fingerprint density at radius 2 is 2.17 bits per heavy atom. The lowest BCUT2D eigenvalue weighted by molar-refractivity contribution is 0.471. The van der Waals surface area contributed by atoms with Crippen LogP contribution in [0, 0.1) is 0 Å². The van der Waals surface area contributed by atoms with E-state index >= 15 is 0 Å². The van der Waals surface area contributed by atoms with Gasteiger partial charge in [-0.3, -0.25) is 4.98 Å². The molecule has 3 nitrogen and oxygen atoms in total. The second-order valence-electron chi connectivity index (χ2n) is 4.12. The summed E-state index contributed by atoms with van der Waals surface area (Å²) < 4.78 is 5.90. The molecule has 1 aromatic carbocycles. The summed E-state index contributed by atoms with van der Waals surface area (Å²) in [4.78, 5) is 4.11. The van der Waals surface area contributed by atoms with Crippen LogP contribution in [0.4, 0.5) is 0 Å². The fourth-order valence-electron chi connectivity index (χ4n) is 1.79. The lowest BCUT2D eigenvalue weighted by Gasteiger charge is -2.10. The van der Waals surface area contributed by atoms with Crippen LogP contribution < -0.4 is 10.1 Å². The van der Waals surface area contributed by atoms with E-state index in [0.29, 0.717) is 0 Å². The highest BCUT2D eigenvalue weighted by Gasteiger charge is 2.04. The van der Waals surface area contributed by atoms with Crippen LogP contribution in [0.2, 0.25) is 0 Å². The third kappa shape index (κ3) is 3.08. The number of aryl methyl sites for hydroxylation is 1. The number of nitrogens with zero attached hydrogens (tertiary/aromatic N) is 1. The van der Waals surface area contributed by atoms with Crippen molar-refractivity contribution in [2.24, 2.45) is 0 Å². The average Bonchev–Trinajstić information content (AvgIpc) is 2.41. The molecule has 0 aliphatic rings. The van der Waals surface area contributed by atoms with Crippen molar-refractivity contribution in [1.82, 2.24) is 10.3 Å². The second-order valence-corrected chi connectivity index (χ2v) is 4.12. The summed E-state index contributed by atoms with van der Waals surface area (Å²) in [5.74, 6) is 1.67. The molecule has 0 aliphatic carbocycles. The van der Waals surface area contributed by atoms with E-state index in [1.807, 2.05) is 25.2 Å². The number of benzene rings is 1. The highest BCUT2D eigenvalue weighted by molar-refractivity contribution is 5.37. The minimum atomic E-state index is 0.769. The van der Waals surface area contributed by atoms with Gasteiger partial charge in [-0.2, -0.15) is 0 Å². The van der Waals surface area contributed by atoms with Crippen molar-refractivity contribution in [1.29, 1.82) is 0 Å². The molecule has 0 amide bonds. The molecular weight excluding hydrogens is 224 g/mol. The normalized spacial score (nSPS) is 10.3. The number of rotatable bonds is 5. The molecular formula is C15H18N2O. The smallest absolute Gasteiger partial charge is 0.150 e. The van der Waals surface area contributed by atoms with Crippen LogP contribution in [0.3, 0.4) is 0 Å². The molecule has 0 aliphatic heterocycles. The van der Waals surface area contributed by atoms with E-state index in [9.17, 15) is 0 Å². The van der Waals surface area contributed by atoms with Crippen molar-refractivity contribution in [2.45, 2.75) is 19.9 Å². The van der Waals surface area contributed by atoms with E-state index in [-0.39, 0.29) is 0 Å². The van der Waals surface area contributed by atoms with Crippen LogP contribution in [0.1, 0.15) is 18.1 Å². The molecule has 2 rings (SSSR count). The molecule has 3 heteroatoms. The van der Waals surface area contributed by atoms with Crippen LogP contribution in [0.15, 0.2) is 42.7 Å². The Kier molecular flexibility index (Phi) is 4.31. The van der Waals surface area contributed by atoms with Crippen LogP contribution in [-0.2, 0) is 13.0 Å². The van der Waals surface area contributed by atoms with Crippen LogP contribution in [-0.4, -0.2) is 12.0 Å². The maximum atomic E-state index is 5.90. The Balaban J connectivity index is 2.22. The molecule has 0 saturated carbocycles. The SMILES string of the molecule is CCc1cccc(Oc2cnccc2CNC)c1. The summed E-state index contributed by atoms with van der Waals surface area (Å²) in [5, 5.41) is 3.12. The standard InChI is InChI=1S/C15H18N2O/c1-3-12-5-4-6-14(9-12)18-15-11-17-8-7-13(15)10-16-2/h4-9,11,16H,3,10H2,1-2H3. The molecule has 2 aromatic rings. The highest BCUT2D eigenvalue weighted by atomic mass is 16.5. The predicted octanol–water partition coefficient (Wildman–Crippen LogP) is 3.16. The van der Waals surface area contributed by atoms with Crippen molar-refractivity contribution >= 4 is 0 Å². The molecule has 0 fully saturated rings. The molecule has 0 unspecified atom stereocenters. The van der Waals surface area contributed by atoms with Gasteiger partial charge in [0.2, 0.25) is 0 Å². The molecule has 0 radical (unpaired) electrons. The third-order valence-electron chi connectivity index (χ3n) is 2.77. The zero-order chi connectivity index (χ0) is 12.8. The highest BCUT2D eigenvalue weighted by Crippen LogP contribution is 2.25. The van der Waals surface area contributed by atoms with Crippen molar-refractivity contribution in [3.63, 3.8) is 0 Å². The Morgan fingerprint density at radius 3 is 2.94 bits per heavy atom. The van der Waals surface area contributed by atoms with Gasteiger partial charge < -0.3 is 10.1 Å². The summed E-state index contributed by atoms with van der Waals surface area (Å²) in [6.45, 7) is 2.90. The van der Waals surface area contributed by atoms with Gasteiger partial charge >= 0.3 is 0 Å². The molecule has 0 spiro atoms. The molecule has 94 valence electrons. The molecule has 0 bridgehead atoms. The number of pyridine rings is 1. The monoisotopic (exact) mass is 242 g/mol. The first kappa shape index (κ1) is 12.6. The van der Waals surface area contributed by atoms with Crippen molar-refractivity contribution in [2.75, 3.05) is 7.05 Å². The van der Waals surface area contributed by atoms with Gasteiger partial charge in [0, 0.05) is 18.3 Å². The van der Waals surface area contributed by atoms with E-state index in [1.54, 1.807) is 12.4 Å². The molecule has 0 atom stereocenters. The zero-order valence-electron chi connectivity index (χ0n) is 10.8. The summed E-state index contributed by atoms with van der Waals surface area (Å²) in [7, 11) is 1.92. The van der Waals surface area contributed by atoms with Gasteiger partial charge in [-0.25, -0.2) is 0 Å². The molecule has 0 saturated heterocycles. The number of aromatic nitrogens is 1. The fraction of sp³-hybridized carbons (Fsp3) is 0.267. The van der Waals surface area contributed by atoms with Crippen LogP contribution in [0.25, 0.3) is 0 Å². The molecule has 1 aromatic heterocycles. The topological polar surface area (TPSA) is 34.1 Å². The quantitative estimate of drug-likeness (QED) is 0.874. The Morgan fingerprint density at radius 1 is 1.28 bits per heavy atom. The number of nitrogens with one attached hydrogen (secondary N) is 1. The zero-order valence-corrected chi connectivity index (χ0v) is 10.8. The van der Waals surface area contributed by atoms with E-state index in [0.717, 1.165) is 30.0 Å². The first-order valence-corrected chi connectivity index (χ1v) is 6.17.